The van der Waals surface area contributed by atoms with Gasteiger partial charge in [-0.25, -0.2) is 4.98 Å². The molecule has 3 amide bonds. The number of ether oxygens (including phenoxy) is 1. The van der Waals surface area contributed by atoms with E-state index < -0.39 is 17.7 Å². The number of fused-ring (bicyclic) bond motifs is 1. The van der Waals surface area contributed by atoms with Gasteiger partial charge in [0.1, 0.15) is 5.56 Å². The van der Waals surface area contributed by atoms with E-state index >= 15 is 0 Å². The molecule has 2 atom stereocenters. The summed E-state index contributed by atoms with van der Waals surface area (Å²) in [6.07, 6.45) is 3.07. The Kier molecular flexibility index (Phi) is 6.09. The number of carbonyl (C=O) groups excluding carboxylic acids is 3. The molecule has 0 bridgehead atoms. The van der Waals surface area contributed by atoms with Gasteiger partial charge in [0.05, 0.1) is 25.0 Å². The number of anilines is 1. The standard InChI is InChI=1S/C23H24N4O4S/c1-13-3-5-18(14-4-6-19-15(9-14)7-8-32-19)27(12-13)23(30)21(29)26-16-10-17(20(24)28)22(31-2)25-11-16/h4,6-11,13,18H,3,5,12H2,1-2H3,(H2,24,28)(H,26,29)/t13-,18+/m0/s1. The second kappa shape index (κ2) is 8.96. The molecule has 0 aliphatic carbocycles. The molecule has 0 spiro atoms. The van der Waals surface area contributed by atoms with Gasteiger partial charge in [0.15, 0.2) is 0 Å². The van der Waals surface area contributed by atoms with Gasteiger partial charge in [-0.3, -0.25) is 14.4 Å². The Morgan fingerprint density at radius 2 is 2.03 bits per heavy atom. The van der Waals surface area contributed by atoms with E-state index in [2.05, 4.69) is 35.4 Å². The van der Waals surface area contributed by atoms with Crippen LogP contribution in [0.1, 0.15) is 41.7 Å². The van der Waals surface area contributed by atoms with Crippen LogP contribution in [-0.2, 0) is 9.59 Å². The number of pyridine rings is 1. The number of benzene rings is 1. The van der Waals surface area contributed by atoms with Crippen LogP contribution in [0, 0.1) is 5.92 Å². The Bertz CT molecular complexity index is 1190. The summed E-state index contributed by atoms with van der Waals surface area (Å²) in [7, 11) is 1.36. The number of carbonyl (C=O) groups is 3. The van der Waals surface area contributed by atoms with Gasteiger partial charge < -0.3 is 20.7 Å². The van der Waals surface area contributed by atoms with Crippen LogP contribution in [0.15, 0.2) is 41.9 Å². The highest BCUT2D eigenvalue weighted by Gasteiger charge is 2.34. The molecule has 1 aliphatic rings. The maximum absolute atomic E-state index is 13.2. The molecule has 1 saturated heterocycles. The van der Waals surface area contributed by atoms with Crippen molar-refractivity contribution < 1.29 is 19.1 Å². The Hall–Kier alpha value is -3.46. The predicted octanol–water partition coefficient (Wildman–Crippen LogP) is 3.34. The molecule has 1 aromatic carbocycles. The smallest absolute Gasteiger partial charge is 0.313 e. The zero-order chi connectivity index (χ0) is 22.8. The molecule has 3 aromatic rings. The molecule has 32 heavy (non-hydrogen) atoms. The van der Waals surface area contributed by atoms with Crippen LogP contribution in [0.4, 0.5) is 5.69 Å². The summed E-state index contributed by atoms with van der Waals surface area (Å²) < 4.78 is 6.20. The molecular weight excluding hydrogens is 428 g/mol. The summed E-state index contributed by atoms with van der Waals surface area (Å²) in [4.78, 5) is 43.2. The first kappa shape index (κ1) is 21.8. The van der Waals surface area contributed by atoms with Gasteiger partial charge in [0, 0.05) is 11.2 Å². The molecular formula is C23H24N4O4S. The quantitative estimate of drug-likeness (QED) is 0.589. The number of rotatable bonds is 4. The average Bonchev–Trinajstić information content (AvgIpc) is 3.26. The Morgan fingerprint density at radius 1 is 1.22 bits per heavy atom. The van der Waals surface area contributed by atoms with Crippen molar-refractivity contribution in [3.05, 3.63) is 53.0 Å². The number of nitrogens with one attached hydrogen (secondary N) is 1. The van der Waals surface area contributed by atoms with Crippen molar-refractivity contribution in [1.82, 2.24) is 9.88 Å². The van der Waals surface area contributed by atoms with Crippen LogP contribution in [-0.4, -0.2) is 41.3 Å². The van der Waals surface area contributed by atoms with Crippen molar-refractivity contribution in [3.8, 4) is 5.88 Å². The summed E-state index contributed by atoms with van der Waals surface area (Å²) >= 11 is 1.67. The zero-order valence-corrected chi connectivity index (χ0v) is 18.6. The number of amides is 3. The SMILES string of the molecule is COc1ncc(NC(=O)C(=O)N2C[C@@H](C)CC[C@@H]2c2ccc3sccc3c2)cc1C(N)=O. The second-order valence-electron chi connectivity index (χ2n) is 7.97. The topological polar surface area (TPSA) is 115 Å². The van der Waals surface area contributed by atoms with Crippen LogP contribution >= 0.6 is 11.3 Å². The fourth-order valence-corrected chi connectivity index (χ4v) is 4.86. The molecule has 3 N–H and O–H groups in total. The molecule has 9 heteroatoms. The zero-order valence-electron chi connectivity index (χ0n) is 17.8. The van der Waals surface area contributed by atoms with Crippen LogP contribution in [0.2, 0.25) is 0 Å². The summed E-state index contributed by atoms with van der Waals surface area (Å²) in [5.74, 6) is -1.82. The van der Waals surface area contributed by atoms with Crippen LogP contribution < -0.4 is 15.8 Å². The summed E-state index contributed by atoms with van der Waals surface area (Å²) in [6, 6.07) is 9.41. The van der Waals surface area contributed by atoms with E-state index in [1.54, 1.807) is 16.2 Å². The third-order valence-corrected chi connectivity index (χ3v) is 6.60. The number of nitrogens with zero attached hydrogens (tertiary/aromatic N) is 2. The van der Waals surface area contributed by atoms with Crippen LogP contribution in [0.5, 0.6) is 5.88 Å². The van der Waals surface area contributed by atoms with E-state index in [1.807, 2.05) is 11.4 Å². The number of thiophene rings is 1. The van der Waals surface area contributed by atoms with E-state index in [0.29, 0.717) is 6.54 Å². The van der Waals surface area contributed by atoms with Gasteiger partial charge in [0.2, 0.25) is 5.88 Å². The second-order valence-corrected chi connectivity index (χ2v) is 8.92. The molecule has 8 nitrogen and oxygen atoms in total. The molecule has 3 heterocycles. The summed E-state index contributed by atoms with van der Waals surface area (Å²) in [5, 5.41) is 5.71. The van der Waals surface area contributed by atoms with E-state index in [4.69, 9.17) is 10.5 Å². The number of hydrogen-bond acceptors (Lipinski definition) is 6. The third-order valence-electron chi connectivity index (χ3n) is 5.70. The van der Waals surface area contributed by atoms with Gasteiger partial charge in [-0.2, -0.15) is 0 Å². The van der Waals surface area contributed by atoms with Crippen LogP contribution in [0.25, 0.3) is 10.1 Å². The lowest BCUT2D eigenvalue weighted by Gasteiger charge is -2.38. The summed E-state index contributed by atoms with van der Waals surface area (Å²) in [6.45, 7) is 2.56. The number of piperidine rings is 1. The highest BCUT2D eigenvalue weighted by molar-refractivity contribution is 7.17. The molecule has 4 rings (SSSR count). The lowest BCUT2D eigenvalue weighted by atomic mass is 9.89. The lowest BCUT2D eigenvalue weighted by molar-refractivity contribution is -0.146. The lowest BCUT2D eigenvalue weighted by Crippen LogP contribution is -2.46. The molecule has 166 valence electrons. The van der Waals surface area contributed by atoms with Gasteiger partial charge >= 0.3 is 11.8 Å². The first-order chi connectivity index (χ1) is 15.4. The minimum Gasteiger partial charge on any atom is -0.480 e. The maximum Gasteiger partial charge on any atom is 0.313 e. The van der Waals surface area contributed by atoms with Gasteiger partial charge in [0.25, 0.3) is 5.91 Å². The molecule has 0 saturated carbocycles. The van der Waals surface area contributed by atoms with E-state index in [-0.39, 0.29) is 29.1 Å². The Balaban J connectivity index is 1.57. The van der Waals surface area contributed by atoms with E-state index in [0.717, 1.165) is 23.8 Å². The first-order valence-electron chi connectivity index (χ1n) is 10.3. The highest BCUT2D eigenvalue weighted by atomic mass is 32.1. The molecule has 0 radical (unpaired) electrons. The number of aromatic nitrogens is 1. The average molecular weight is 453 g/mol. The van der Waals surface area contributed by atoms with E-state index in [9.17, 15) is 14.4 Å². The van der Waals surface area contributed by atoms with Crippen molar-refractivity contribution in [2.24, 2.45) is 11.7 Å². The Labute approximate surface area is 189 Å². The largest absolute Gasteiger partial charge is 0.480 e. The number of hydrogen-bond donors (Lipinski definition) is 2. The van der Waals surface area contributed by atoms with Gasteiger partial charge in [-0.15, -0.1) is 11.3 Å². The molecule has 1 aliphatic heterocycles. The third kappa shape index (κ3) is 4.29. The fourth-order valence-electron chi connectivity index (χ4n) is 4.09. The van der Waals surface area contributed by atoms with Crippen molar-refractivity contribution in [1.29, 1.82) is 0 Å². The molecule has 1 fully saturated rings. The number of primary amides is 1. The highest BCUT2D eigenvalue weighted by Crippen LogP contribution is 2.35. The maximum atomic E-state index is 13.2. The van der Waals surface area contributed by atoms with E-state index in [1.165, 1.54) is 24.1 Å². The molecule has 2 aromatic heterocycles. The monoisotopic (exact) mass is 452 g/mol. The van der Waals surface area contributed by atoms with Crippen molar-refractivity contribution in [2.45, 2.75) is 25.8 Å². The Morgan fingerprint density at radius 3 is 2.78 bits per heavy atom. The first-order valence-corrected chi connectivity index (χ1v) is 11.2. The van der Waals surface area contributed by atoms with Crippen molar-refractivity contribution >= 4 is 44.8 Å². The van der Waals surface area contributed by atoms with Crippen LogP contribution in [0.3, 0.4) is 0 Å². The molecule has 0 unspecified atom stereocenters. The van der Waals surface area contributed by atoms with Gasteiger partial charge in [-0.05, 0) is 59.4 Å². The summed E-state index contributed by atoms with van der Waals surface area (Å²) in [5.41, 5.74) is 6.58. The minimum absolute atomic E-state index is 0.0197. The number of nitrogens with two attached hydrogens (primary N) is 1. The predicted molar refractivity (Wildman–Crippen MR) is 123 cm³/mol. The fraction of sp³-hybridized carbons (Fsp3) is 0.304. The number of likely N-dealkylation sites (tertiary alicyclic amines) is 1. The number of methoxy groups -OCH3 is 1. The van der Waals surface area contributed by atoms with Gasteiger partial charge in [-0.1, -0.05) is 13.0 Å². The normalized spacial score (nSPS) is 18.4. The minimum atomic E-state index is -0.789. The van der Waals surface area contributed by atoms with Crippen molar-refractivity contribution in [3.63, 3.8) is 0 Å². The van der Waals surface area contributed by atoms with Crippen molar-refractivity contribution in [2.75, 3.05) is 19.0 Å².